The van der Waals surface area contributed by atoms with Crippen molar-refractivity contribution in [3.63, 3.8) is 0 Å². The lowest BCUT2D eigenvalue weighted by Crippen LogP contribution is -2.48. The van der Waals surface area contributed by atoms with Crippen molar-refractivity contribution >= 4 is 0 Å². The summed E-state index contributed by atoms with van der Waals surface area (Å²) in [6, 6.07) is 0. The Morgan fingerprint density at radius 2 is 1.81 bits per heavy atom. The summed E-state index contributed by atoms with van der Waals surface area (Å²) in [4.78, 5) is 1.72. The van der Waals surface area contributed by atoms with Crippen LogP contribution in [-0.4, -0.2) is 66.7 Å². The van der Waals surface area contributed by atoms with Crippen LogP contribution in [0, 0.1) is 0 Å². The predicted molar refractivity (Wildman–Crippen MR) is 54.1 cm³/mol. The van der Waals surface area contributed by atoms with Crippen LogP contribution < -0.4 is 5.32 Å². The lowest BCUT2D eigenvalue weighted by atomic mass is 10.1. The van der Waals surface area contributed by atoms with Crippen molar-refractivity contribution in [2.75, 3.05) is 33.7 Å². The summed E-state index contributed by atoms with van der Waals surface area (Å²) in [7, 11) is 3.50. The van der Waals surface area contributed by atoms with E-state index in [1.54, 1.807) is 19.0 Å². The van der Waals surface area contributed by atoms with Gasteiger partial charge in [0, 0.05) is 19.6 Å². The quantitative estimate of drug-likeness (QED) is 0.606. The molecule has 0 aromatic rings. The molecule has 98 valence electrons. The van der Waals surface area contributed by atoms with Gasteiger partial charge >= 0.3 is 6.18 Å². The van der Waals surface area contributed by atoms with Gasteiger partial charge in [-0.3, -0.25) is 0 Å². The molecular weight excluding hydrogens is 225 g/mol. The molecule has 0 aromatic heterocycles. The average Bonchev–Trinajstić information content (AvgIpc) is 1.98. The van der Waals surface area contributed by atoms with Crippen molar-refractivity contribution in [3.8, 4) is 0 Å². The van der Waals surface area contributed by atoms with Crippen molar-refractivity contribution in [3.05, 3.63) is 0 Å². The fraction of sp³-hybridized carbons (Fsp3) is 1.00. The number of nitrogens with zero attached hydrogens (tertiary/aromatic N) is 1. The molecule has 0 amide bonds. The number of aliphatic hydroxyl groups excluding tert-OH is 1. The second-order valence-corrected chi connectivity index (χ2v) is 4.42. The van der Waals surface area contributed by atoms with Gasteiger partial charge in [0.25, 0.3) is 0 Å². The van der Waals surface area contributed by atoms with Crippen molar-refractivity contribution in [2.24, 2.45) is 0 Å². The number of halogens is 3. The second-order valence-electron chi connectivity index (χ2n) is 4.42. The van der Waals surface area contributed by atoms with E-state index < -0.39 is 24.4 Å². The van der Waals surface area contributed by atoms with Crippen LogP contribution in [0.25, 0.3) is 0 Å². The zero-order valence-electron chi connectivity index (χ0n) is 9.67. The normalized spacial score (nSPS) is 18.6. The highest BCUT2D eigenvalue weighted by atomic mass is 19.4. The molecule has 0 heterocycles. The van der Waals surface area contributed by atoms with Crippen LogP contribution in [0.15, 0.2) is 0 Å². The van der Waals surface area contributed by atoms with Gasteiger partial charge in [-0.15, -0.1) is 0 Å². The lowest BCUT2D eigenvalue weighted by molar-refractivity contribution is -0.202. The van der Waals surface area contributed by atoms with Gasteiger partial charge in [0.2, 0.25) is 0 Å². The van der Waals surface area contributed by atoms with Gasteiger partial charge in [-0.25, -0.2) is 0 Å². The molecular formula is C9H19F3N2O2. The largest absolute Gasteiger partial charge is 0.415 e. The average molecular weight is 244 g/mol. The van der Waals surface area contributed by atoms with Gasteiger partial charge in [0.05, 0.1) is 5.60 Å². The van der Waals surface area contributed by atoms with Crippen LogP contribution >= 0.6 is 0 Å². The van der Waals surface area contributed by atoms with Gasteiger partial charge in [-0.1, -0.05) is 0 Å². The van der Waals surface area contributed by atoms with Crippen molar-refractivity contribution in [2.45, 2.75) is 24.8 Å². The van der Waals surface area contributed by atoms with E-state index in [0.717, 1.165) is 0 Å². The van der Waals surface area contributed by atoms with Crippen molar-refractivity contribution in [1.82, 2.24) is 10.2 Å². The maximum Gasteiger partial charge on any atom is 0.415 e. The fourth-order valence-electron chi connectivity index (χ4n) is 1.33. The summed E-state index contributed by atoms with van der Waals surface area (Å²) >= 11 is 0. The Labute approximate surface area is 93.1 Å². The van der Waals surface area contributed by atoms with Crippen LogP contribution in [0.3, 0.4) is 0 Å². The standard InChI is InChI=1S/C9H19F3N2O2/c1-8(16,6-14(2)3)5-13-4-7(15)9(10,11)12/h7,13,15-16H,4-6H2,1-3H3. The summed E-state index contributed by atoms with van der Waals surface area (Å²) < 4.78 is 35.8. The fourth-order valence-corrected chi connectivity index (χ4v) is 1.33. The molecule has 0 saturated carbocycles. The maximum atomic E-state index is 11.9. The van der Waals surface area contributed by atoms with E-state index in [4.69, 9.17) is 5.11 Å². The second kappa shape index (κ2) is 5.81. The first-order chi connectivity index (χ1) is 7.04. The minimum absolute atomic E-state index is 0.0156. The maximum absolute atomic E-state index is 11.9. The van der Waals surface area contributed by atoms with Gasteiger partial charge in [-0.2, -0.15) is 13.2 Å². The van der Waals surface area contributed by atoms with E-state index >= 15 is 0 Å². The number of hydrogen-bond acceptors (Lipinski definition) is 4. The summed E-state index contributed by atoms with van der Waals surface area (Å²) in [5.41, 5.74) is -1.13. The third-order valence-corrected chi connectivity index (χ3v) is 1.88. The lowest BCUT2D eigenvalue weighted by Gasteiger charge is -2.27. The highest BCUT2D eigenvalue weighted by molar-refractivity contribution is 4.79. The Kier molecular flexibility index (Phi) is 5.67. The van der Waals surface area contributed by atoms with Gasteiger partial charge in [0.15, 0.2) is 6.10 Å². The molecule has 0 aliphatic heterocycles. The minimum atomic E-state index is -4.62. The highest BCUT2D eigenvalue weighted by Crippen LogP contribution is 2.19. The van der Waals surface area contributed by atoms with E-state index in [0.29, 0.717) is 6.54 Å². The highest BCUT2D eigenvalue weighted by Gasteiger charge is 2.38. The molecule has 2 unspecified atom stereocenters. The summed E-state index contributed by atoms with van der Waals surface area (Å²) in [6.07, 6.45) is -7.02. The molecule has 16 heavy (non-hydrogen) atoms. The first kappa shape index (κ1) is 15.6. The number of hydrogen-bond donors (Lipinski definition) is 3. The number of aliphatic hydroxyl groups is 2. The molecule has 2 atom stereocenters. The van der Waals surface area contributed by atoms with Gasteiger partial charge in [0.1, 0.15) is 0 Å². The predicted octanol–water partition coefficient (Wildman–Crippen LogP) is -0.188. The van der Waals surface area contributed by atoms with Crippen molar-refractivity contribution in [1.29, 1.82) is 0 Å². The van der Waals surface area contributed by atoms with E-state index in [1.807, 2.05) is 0 Å². The monoisotopic (exact) mass is 244 g/mol. The molecule has 0 rings (SSSR count). The molecule has 3 N–H and O–H groups in total. The molecule has 0 radical (unpaired) electrons. The SMILES string of the molecule is CN(C)CC(C)(O)CNCC(O)C(F)(F)F. The Balaban J connectivity index is 3.89. The Morgan fingerprint density at radius 1 is 1.31 bits per heavy atom. The Hall–Kier alpha value is -0.370. The summed E-state index contributed by atoms with van der Waals surface area (Å²) in [5.74, 6) is 0. The molecule has 0 aliphatic rings. The van der Waals surface area contributed by atoms with Gasteiger partial charge in [-0.05, 0) is 21.0 Å². The van der Waals surface area contributed by atoms with Crippen LogP contribution in [-0.2, 0) is 0 Å². The molecule has 0 aromatic carbocycles. The zero-order chi connectivity index (χ0) is 13.0. The Bertz CT molecular complexity index is 207. The Morgan fingerprint density at radius 3 is 2.19 bits per heavy atom. The minimum Gasteiger partial charge on any atom is -0.388 e. The third kappa shape index (κ3) is 7.00. The molecule has 7 heteroatoms. The molecule has 0 saturated heterocycles. The first-order valence-corrected chi connectivity index (χ1v) is 4.87. The molecule has 0 aliphatic carbocycles. The van der Waals surface area contributed by atoms with Crippen LogP contribution in [0.1, 0.15) is 6.92 Å². The summed E-state index contributed by atoms with van der Waals surface area (Å²) in [5, 5.41) is 20.8. The zero-order valence-corrected chi connectivity index (χ0v) is 9.67. The van der Waals surface area contributed by atoms with Crippen LogP contribution in [0.2, 0.25) is 0 Å². The van der Waals surface area contributed by atoms with Crippen molar-refractivity contribution < 1.29 is 23.4 Å². The molecule has 0 fully saturated rings. The van der Waals surface area contributed by atoms with E-state index in [-0.39, 0.29) is 6.54 Å². The summed E-state index contributed by atoms with van der Waals surface area (Å²) in [6.45, 7) is 1.20. The van der Waals surface area contributed by atoms with Gasteiger partial charge < -0.3 is 20.4 Å². The van der Waals surface area contributed by atoms with E-state index in [1.165, 1.54) is 6.92 Å². The molecule has 0 spiro atoms. The van der Waals surface area contributed by atoms with Crippen LogP contribution in [0.4, 0.5) is 13.2 Å². The number of alkyl halides is 3. The van der Waals surface area contributed by atoms with E-state index in [9.17, 15) is 18.3 Å². The number of likely N-dealkylation sites (N-methyl/N-ethyl adjacent to an activating group) is 1. The smallest absolute Gasteiger partial charge is 0.388 e. The van der Waals surface area contributed by atoms with Crippen LogP contribution in [0.5, 0.6) is 0 Å². The third-order valence-electron chi connectivity index (χ3n) is 1.88. The topological polar surface area (TPSA) is 55.7 Å². The number of nitrogens with one attached hydrogen (secondary N) is 1. The number of rotatable bonds is 6. The first-order valence-electron chi connectivity index (χ1n) is 4.87. The van der Waals surface area contributed by atoms with E-state index in [2.05, 4.69) is 5.32 Å². The molecule has 4 nitrogen and oxygen atoms in total. The molecule has 0 bridgehead atoms.